The molecule has 0 bridgehead atoms. The van der Waals surface area contributed by atoms with Crippen LogP contribution in [0.25, 0.3) is 39.2 Å². The Hall–Kier alpha value is -3.93. The lowest BCUT2D eigenvalue weighted by Gasteiger charge is -2.12. The second-order valence-electron chi connectivity index (χ2n) is 8.08. The number of fused-ring (bicyclic) bond motifs is 1. The average Bonchev–Trinajstić information content (AvgIpc) is 3.19. The van der Waals surface area contributed by atoms with Gasteiger partial charge in [0.2, 0.25) is 0 Å². The quantitative estimate of drug-likeness (QED) is 0.291. The minimum Gasteiger partial charge on any atom is -0.228 e. The van der Waals surface area contributed by atoms with Crippen molar-refractivity contribution >= 4 is 11.0 Å². The number of aromatic nitrogens is 3. The molecule has 3 nitrogen and oxygen atoms in total. The Morgan fingerprint density at radius 2 is 1.30 bits per heavy atom. The van der Waals surface area contributed by atoms with Crippen LogP contribution in [0.2, 0.25) is 0 Å². The van der Waals surface area contributed by atoms with Crippen molar-refractivity contribution in [3.8, 4) is 28.2 Å². The summed E-state index contributed by atoms with van der Waals surface area (Å²) in [4.78, 5) is 4.69. The van der Waals surface area contributed by atoms with E-state index >= 15 is 0 Å². The normalized spacial score (nSPS) is 11.8. The van der Waals surface area contributed by atoms with Crippen LogP contribution in [-0.2, 0) is 6.18 Å². The van der Waals surface area contributed by atoms with Crippen LogP contribution in [0.1, 0.15) is 16.7 Å². The van der Waals surface area contributed by atoms with E-state index in [-0.39, 0.29) is 22.4 Å². The molecular weight excluding hydrogens is 423 g/mol. The van der Waals surface area contributed by atoms with E-state index in [9.17, 15) is 13.2 Å². The van der Waals surface area contributed by atoms with Crippen LogP contribution >= 0.6 is 0 Å². The fourth-order valence-corrected chi connectivity index (χ4v) is 3.87. The fraction of sp³-hybridized carbons (Fsp3) is 0.111. The predicted molar refractivity (Wildman–Crippen MR) is 124 cm³/mol. The summed E-state index contributed by atoms with van der Waals surface area (Å²) in [5.74, 6) is 0. The Bertz CT molecular complexity index is 1430. The Morgan fingerprint density at radius 1 is 0.727 bits per heavy atom. The van der Waals surface area contributed by atoms with Crippen molar-refractivity contribution in [1.29, 1.82) is 0 Å². The van der Waals surface area contributed by atoms with Gasteiger partial charge in [-0.15, -0.1) is 0 Å². The predicted octanol–water partition coefficient (Wildman–Crippen LogP) is 7.39. The lowest BCUT2D eigenvalue weighted by Crippen LogP contribution is -2.08. The lowest BCUT2D eigenvalue weighted by molar-refractivity contribution is -0.136. The molecule has 0 spiro atoms. The van der Waals surface area contributed by atoms with Gasteiger partial charge in [-0.05, 0) is 32.0 Å². The zero-order valence-electron chi connectivity index (χ0n) is 18.1. The molecule has 0 amide bonds. The van der Waals surface area contributed by atoms with E-state index in [1.54, 1.807) is 36.4 Å². The van der Waals surface area contributed by atoms with Gasteiger partial charge in [0, 0.05) is 11.1 Å². The first-order valence-corrected chi connectivity index (χ1v) is 10.5. The van der Waals surface area contributed by atoms with Crippen molar-refractivity contribution in [2.24, 2.45) is 0 Å². The van der Waals surface area contributed by atoms with Crippen molar-refractivity contribution in [1.82, 2.24) is 14.8 Å². The zero-order valence-corrected chi connectivity index (χ0v) is 18.1. The van der Waals surface area contributed by atoms with Gasteiger partial charge in [-0.25, -0.2) is 9.67 Å². The molecule has 0 saturated carbocycles. The second kappa shape index (κ2) is 7.89. The van der Waals surface area contributed by atoms with Crippen LogP contribution in [0.4, 0.5) is 13.2 Å². The van der Waals surface area contributed by atoms with Gasteiger partial charge in [0.25, 0.3) is 0 Å². The molecule has 2 heterocycles. The van der Waals surface area contributed by atoms with Crippen molar-refractivity contribution in [2.75, 3.05) is 0 Å². The van der Waals surface area contributed by atoms with Crippen LogP contribution in [0.5, 0.6) is 0 Å². The van der Waals surface area contributed by atoms with Gasteiger partial charge in [0.1, 0.15) is 5.69 Å². The third kappa shape index (κ3) is 3.89. The topological polar surface area (TPSA) is 30.7 Å². The highest BCUT2D eigenvalue weighted by Gasteiger charge is 2.36. The molecule has 33 heavy (non-hydrogen) atoms. The van der Waals surface area contributed by atoms with Gasteiger partial charge >= 0.3 is 6.18 Å². The van der Waals surface area contributed by atoms with E-state index in [1.165, 1.54) is 4.68 Å². The summed E-state index contributed by atoms with van der Waals surface area (Å²) >= 11 is 0. The summed E-state index contributed by atoms with van der Waals surface area (Å²) in [6.45, 7) is 3.86. The maximum absolute atomic E-state index is 14.4. The van der Waals surface area contributed by atoms with Crippen LogP contribution in [0.3, 0.4) is 0 Å². The highest BCUT2D eigenvalue weighted by molar-refractivity contribution is 5.96. The van der Waals surface area contributed by atoms with Gasteiger partial charge in [0.15, 0.2) is 5.65 Å². The Labute approximate surface area is 189 Å². The Morgan fingerprint density at radius 3 is 1.88 bits per heavy atom. The monoisotopic (exact) mass is 443 g/mol. The van der Waals surface area contributed by atoms with Gasteiger partial charge in [-0.3, -0.25) is 0 Å². The van der Waals surface area contributed by atoms with Gasteiger partial charge < -0.3 is 0 Å². The second-order valence-corrected chi connectivity index (χ2v) is 8.08. The Balaban J connectivity index is 1.88. The SMILES string of the molecule is Cc1ccc(-c2cc(C(F)(F)F)c3c(-c4ccc(C)cc4)nn(-c4ccccc4)c3n2)cc1. The van der Waals surface area contributed by atoms with Gasteiger partial charge in [0.05, 0.1) is 22.3 Å². The van der Waals surface area contributed by atoms with E-state index in [4.69, 9.17) is 0 Å². The molecule has 0 saturated heterocycles. The average molecular weight is 443 g/mol. The number of halogens is 3. The number of hydrogen-bond acceptors (Lipinski definition) is 2. The lowest BCUT2D eigenvalue weighted by atomic mass is 10.0. The van der Waals surface area contributed by atoms with E-state index in [2.05, 4.69) is 10.1 Å². The maximum Gasteiger partial charge on any atom is 0.417 e. The smallest absolute Gasteiger partial charge is 0.228 e. The number of nitrogens with zero attached hydrogens (tertiary/aromatic N) is 3. The van der Waals surface area contributed by atoms with Crippen LogP contribution in [0.15, 0.2) is 84.9 Å². The number of pyridine rings is 1. The summed E-state index contributed by atoms with van der Waals surface area (Å²) in [5, 5.41) is 4.63. The van der Waals surface area contributed by atoms with Gasteiger partial charge in [-0.2, -0.15) is 18.3 Å². The summed E-state index contributed by atoms with van der Waals surface area (Å²) in [6.07, 6.45) is -4.58. The highest BCUT2D eigenvalue weighted by Crippen LogP contribution is 2.41. The molecule has 2 aromatic heterocycles. The number of alkyl halides is 3. The van der Waals surface area contributed by atoms with Crippen LogP contribution in [-0.4, -0.2) is 14.8 Å². The third-order valence-corrected chi connectivity index (χ3v) is 5.62. The summed E-state index contributed by atoms with van der Waals surface area (Å²) in [5.41, 5.74) is 3.83. The number of para-hydroxylation sites is 1. The molecular formula is C27H20F3N3. The first-order valence-electron chi connectivity index (χ1n) is 10.5. The van der Waals surface area contributed by atoms with Crippen molar-refractivity contribution in [3.63, 3.8) is 0 Å². The van der Waals surface area contributed by atoms with E-state index < -0.39 is 11.7 Å². The molecule has 0 fully saturated rings. The largest absolute Gasteiger partial charge is 0.417 e. The number of aryl methyl sites for hydroxylation is 2. The molecule has 5 aromatic rings. The molecule has 0 aliphatic carbocycles. The summed E-state index contributed by atoms with van der Waals surface area (Å²) < 4.78 is 44.7. The molecule has 0 unspecified atom stereocenters. The van der Waals surface area contributed by atoms with Crippen molar-refractivity contribution in [2.45, 2.75) is 20.0 Å². The third-order valence-electron chi connectivity index (χ3n) is 5.62. The molecule has 0 aliphatic heterocycles. The Kier molecular flexibility index (Phi) is 5.01. The molecule has 3 aromatic carbocycles. The fourth-order valence-electron chi connectivity index (χ4n) is 3.87. The summed E-state index contributed by atoms with van der Waals surface area (Å²) in [7, 11) is 0. The maximum atomic E-state index is 14.4. The van der Waals surface area contributed by atoms with Crippen molar-refractivity contribution in [3.05, 3.63) is 102 Å². The van der Waals surface area contributed by atoms with E-state index in [0.717, 1.165) is 17.2 Å². The standard InChI is InChI=1S/C27H20F3N3/c1-17-8-12-19(13-9-17)23-16-22(27(28,29)30)24-25(20-14-10-18(2)11-15-20)32-33(26(24)31-23)21-6-4-3-5-7-21/h3-16H,1-2H3. The molecule has 0 N–H and O–H groups in total. The molecule has 0 atom stereocenters. The van der Waals surface area contributed by atoms with Gasteiger partial charge in [-0.1, -0.05) is 77.9 Å². The molecule has 0 radical (unpaired) electrons. The number of rotatable bonds is 3. The van der Waals surface area contributed by atoms with Crippen LogP contribution < -0.4 is 0 Å². The van der Waals surface area contributed by atoms with E-state index in [1.807, 2.05) is 56.3 Å². The molecule has 0 aliphatic rings. The molecule has 6 heteroatoms. The molecule has 5 rings (SSSR count). The summed E-state index contributed by atoms with van der Waals surface area (Å²) in [6, 6.07) is 24.8. The molecule has 164 valence electrons. The van der Waals surface area contributed by atoms with Crippen LogP contribution in [0, 0.1) is 13.8 Å². The zero-order chi connectivity index (χ0) is 23.2. The number of benzene rings is 3. The first-order chi connectivity index (χ1) is 15.8. The highest BCUT2D eigenvalue weighted by atomic mass is 19.4. The number of hydrogen-bond donors (Lipinski definition) is 0. The minimum atomic E-state index is -4.58. The first kappa shape index (κ1) is 20.9. The van der Waals surface area contributed by atoms with E-state index in [0.29, 0.717) is 16.8 Å². The minimum absolute atomic E-state index is 0.00827. The van der Waals surface area contributed by atoms with Crippen molar-refractivity contribution < 1.29 is 13.2 Å².